The van der Waals surface area contributed by atoms with Gasteiger partial charge in [-0.3, -0.25) is 9.59 Å². The molecule has 1 heterocycles. The Labute approximate surface area is 278 Å². The Hall–Kier alpha value is -4.86. The van der Waals surface area contributed by atoms with Crippen molar-refractivity contribution >= 4 is 24.0 Å². The zero-order valence-corrected chi connectivity index (χ0v) is 28.8. The van der Waals surface area contributed by atoms with Crippen molar-refractivity contribution < 1.29 is 38.0 Å². The maximum absolute atomic E-state index is 12.9. The molecule has 2 amide bonds. The van der Waals surface area contributed by atoms with E-state index in [2.05, 4.69) is 0 Å². The maximum Gasteiger partial charge on any atom is 0.246 e. The number of carbonyl (C=O) groups excluding carboxylic acids is 2. The molecule has 254 valence electrons. The topological polar surface area (TPSA) is 96.0 Å². The number of rotatable bonds is 14. The van der Waals surface area contributed by atoms with Crippen molar-refractivity contribution in [1.29, 1.82) is 0 Å². The first-order valence-electron chi connectivity index (χ1n) is 15.7. The molecule has 3 rings (SSSR count). The van der Waals surface area contributed by atoms with E-state index in [-0.39, 0.29) is 24.0 Å². The predicted molar refractivity (Wildman–Crippen MR) is 185 cm³/mol. The van der Waals surface area contributed by atoms with E-state index < -0.39 is 0 Å². The summed E-state index contributed by atoms with van der Waals surface area (Å²) < 4.78 is 33.7. The second kappa shape index (κ2) is 18.3. The third-order valence-corrected chi connectivity index (χ3v) is 7.07. The first-order chi connectivity index (χ1) is 22.6. The van der Waals surface area contributed by atoms with Crippen LogP contribution in [0, 0.1) is 0 Å². The van der Waals surface area contributed by atoms with Crippen LogP contribution in [-0.2, 0) is 9.59 Å². The summed E-state index contributed by atoms with van der Waals surface area (Å²) in [5.41, 5.74) is 1.68. The molecule has 0 aromatic heterocycles. The third kappa shape index (κ3) is 10.9. The standard InChI is InChI=1S/C37H48N2O8/c1-26(2)46-36-30(42-5)22-28(23-31(36)43-6)14-9-11-16-34(40)38-18-13-19-39(21-20-38)35(41)17-12-10-15-29-24-32(44-7)37(47-27(3)4)33(25-29)45-8/h9-12,14-17,22-27H,13,18-21H2,1-8H3/b14-9+,15-10+,16-11+,17-12+. The Morgan fingerprint density at radius 2 is 0.915 bits per heavy atom. The molecule has 10 heteroatoms. The van der Waals surface area contributed by atoms with Gasteiger partial charge in [0, 0.05) is 38.3 Å². The van der Waals surface area contributed by atoms with Gasteiger partial charge in [0.1, 0.15) is 0 Å². The molecule has 0 radical (unpaired) electrons. The van der Waals surface area contributed by atoms with E-state index in [1.807, 2.05) is 64.1 Å². The van der Waals surface area contributed by atoms with E-state index in [4.69, 9.17) is 28.4 Å². The lowest BCUT2D eigenvalue weighted by atomic mass is 10.1. The largest absolute Gasteiger partial charge is 0.493 e. The molecule has 0 unspecified atom stereocenters. The van der Waals surface area contributed by atoms with E-state index in [0.717, 1.165) is 11.1 Å². The molecule has 0 atom stereocenters. The highest BCUT2D eigenvalue weighted by Gasteiger charge is 2.20. The van der Waals surface area contributed by atoms with E-state index in [1.54, 1.807) is 62.5 Å². The van der Waals surface area contributed by atoms with E-state index >= 15 is 0 Å². The molecule has 47 heavy (non-hydrogen) atoms. The van der Waals surface area contributed by atoms with Gasteiger partial charge in [-0.1, -0.05) is 36.5 Å². The molecule has 1 saturated heterocycles. The Morgan fingerprint density at radius 1 is 0.574 bits per heavy atom. The lowest BCUT2D eigenvalue weighted by Crippen LogP contribution is -2.36. The maximum atomic E-state index is 12.9. The van der Waals surface area contributed by atoms with Crippen molar-refractivity contribution in [2.45, 2.75) is 46.3 Å². The van der Waals surface area contributed by atoms with Gasteiger partial charge in [-0.15, -0.1) is 0 Å². The molecule has 0 spiro atoms. The minimum Gasteiger partial charge on any atom is -0.493 e. The summed E-state index contributed by atoms with van der Waals surface area (Å²) in [4.78, 5) is 29.3. The van der Waals surface area contributed by atoms with Gasteiger partial charge in [-0.2, -0.15) is 0 Å². The van der Waals surface area contributed by atoms with Crippen LogP contribution in [-0.4, -0.2) is 88.4 Å². The number of amides is 2. The quantitative estimate of drug-likeness (QED) is 0.177. The van der Waals surface area contributed by atoms with Gasteiger partial charge in [-0.05, 0) is 69.5 Å². The molecule has 1 aliphatic rings. The smallest absolute Gasteiger partial charge is 0.246 e. The SMILES string of the molecule is COc1cc(/C=C/C=C/C(=O)N2CCCN(C(=O)/C=C/C=C/c3cc(OC)c(OC(C)C)c(OC)c3)CC2)cc(OC)c1OC(C)C. The summed E-state index contributed by atoms with van der Waals surface area (Å²) in [5, 5.41) is 0. The number of nitrogens with zero attached hydrogens (tertiary/aromatic N) is 2. The van der Waals surface area contributed by atoms with Gasteiger partial charge in [0.15, 0.2) is 23.0 Å². The van der Waals surface area contributed by atoms with Gasteiger partial charge in [-0.25, -0.2) is 0 Å². The minimum atomic E-state index is -0.103. The number of allylic oxidation sites excluding steroid dienone is 4. The van der Waals surface area contributed by atoms with Gasteiger partial charge in [0.2, 0.25) is 23.3 Å². The van der Waals surface area contributed by atoms with Gasteiger partial charge >= 0.3 is 0 Å². The van der Waals surface area contributed by atoms with Crippen LogP contribution in [0.4, 0.5) is 0 Å². The molecule has 0 saturated carbocycles. The van der Waals surface area contributed by atoms with E-state index in [0.29, 0.717) is 67.1 Å². The van der Waals surface area contributed by atoms with E-state index in [1.165, 1.54) is 12.2 Å². The summed E-state index contributed by atoms with van der Waals surface area (Å²) in [6, 6.07) is 7.41. The monoisotopic (exact) mass is 648 g/mol. The molecular formula is C37H48N2O8. The first-order valence-corrected chi connectivity index (χ1v) is 15.7. The summed E-state index contributed by atoms with van der Waals surface area (Å²) >= 11 is 0. The number of methoxy groups -OCH3 is 4. The highest BCUT2D eigenvalue weighted by Crippen LogP contribution is 2.40. The van der Waals surface area contributed by atoms with Crippen molar-refractivity contribution in [1.82, 2.24) is 9.80 Å². The molecule has 1 fully saturated rings. The summed E-state index contributed by atoms with van der Waals surface area (Å²) in [6.45, 7) is 9.81. The van der Waals surface area contributed by atoms with Gasteiger partial charge in [0.25, 0.3) is 0 Å². The van der Waals surface area contributed by atoms with Crippen LogP contribution in [0.15, 0.2) is 60.7 Å². The van der Waals surface area contributed by atoms with Crippen LogP contribution in [0.2, 0.25) is 0 Å². The summed E-state index contributed by atoms with van der Waals surface area (Å²) in [6.07, 6.45) is 14.4. The van der Waals surface area contributed by atoms with Gasteiger partial charge < -0.3 is 38.2 Å². The molecule has 2 aromatic rings. The van der Waals surface area contributed by atoms with Crippen LogP contribution in [0.25, 0.3) is 12.2 Å². The first kappa shape index (κ1) is 36.6. The molecule has 0 aliphatic carbocycles. The highest BCUT2D eigenvalue weighted by atomic mass is 16.5. The second-order valence-electron chi connectivity index (χ2n) is 11.3. The average molecular weight is 649 g/mol. The lowest BCUT2D eigenvalue weighted by Gasteiger charge is -2.20. The van der Waals surface area contributed by atoms with Crippen LogP contribution in [0.3, 0.4) is 0 Å². The minimum absolute atomic E-state index is 0.0355. The summed E-state index contributed by atoms with van der Waals surface area (Å²) in [7, 11) is 6.33. The zero-order valence-electron chi connectivity index (χ0n) is 28.8. The predicted octanol–water partition coefficient (Wildman–Crippen LogP) is 6.20. The Balaban J connectivity index is 1.56. The Morgan fingerprint density at radius 3 is 1.21 bits per heavy atom. The van der Waals surface area contributed by atoms with Gasteiger partial charge in [0.05, 0.1) is 40.6 Å². The van der Waals surface area contributed by atoms with Crippen LogP contribution < -0.4 is 28.4 Å². The van der Waals surface area contributed by atoms with Crippen LogP contribution in [0.5, 0.6) is 34.5 Å². The molecular weight excluding hydrogens is 600 g/mol. The second-order valence-corrected chi connectivity index (χ2v) is 11.3. The number of hydrogen-bond donors (Lipinski definition) is 0. The van der Waals surface area contributed by atoms with Crippen molar-refractivity contribution in [3.05, 3.63) is 71.8 Å². The molecule has 2 aromatic carbocycles. The number of benzene rings is 2. The van der Waals surface area contributed by atoms with Crippen molar-refractivity contribution in [3.8, 4) is 34.5 Å². The summed E-state index contributed by atoms with van der Waals surface area (Å²) in [5.74, 6) is 3.16. The zero-order chi connectivity index (χ0) is 34.3. The fraction of sp³-hybridized carbons (Fsp3) is 0.405. The van der Waals surface area contributed by atoms with E-state index in [9.17, 15) is 9.59 Å². The fourth-order valence-electron chi connectivity index (χ4n) is 4.87. The Kier molecular flexibility index (Phi) is 14.3. The molecule has 0 N–H and O–H groups in total. The number of hydrogen-bond acceptors (Lipinski definition) is 8. The normalized spacial score (nSPS) is 14.1. The fourth-order valence-corrected chi connectivity index (χ4v) is 4.87. The Bertz CT molecular complexity index is 1320. The number of ether oxygens (including phenoxy) is 6. The van der Waals surface area contributed by atoms with Crippen molar-refractivity contribution in [2.24, 2.45) is 0 Å². The number of carbonyl (C=O) groups is 2. The molecule has 10 nitrogen and oxygen atoms in total. The highest BCUT2D eigenvalue weighted by molar-refractivity contribution is 5.89. The van der Waals surface area contributed by atoms with Crippen LogP contribution >= 0.6 is 0 Å². The lowest BCUT2D eigenvalue weighted by molar-refractivity contribution is -0.128. The van der Waals surface area contributed by atoms with Crippen molar-refractivity contribution in [2.75, 3.05) is 54.6 Å². The average Bonchev–Trinajstić information content (AvgIpc) is 3.32. The van der Waals surface area contributed by atoms with Crippen LogP contribution in [0.1, 0.15) is 45.2 Å². The molecule has 1 aliphatic heterocycles. The third-order valence-electron chi connectivity index (χ3n) is 7.07. The van der Waals surface area contributed by atoms with Crippen molar-refractivity contribution in [3.63, 3.8) is 0 Å². The molecule has 0 bridgehead atoms.